The number of nitrogens with one attached hydrogen (secondary N) is 1. The van der Waals surface area contributed by atoms with Gasteiger partial charge in [0.05, 0.1) is 0 Å². The fourth-order valence-electron chi connectivity index (χ4n) is 2.40. The van der Waals surface area contributed by atoms with E-state index in [1.54, 1.807) is 0 Å². The lowest BCUT2D eigenvalue weighted by atomic mass is 9.95. The summed E-state index contributed by atoms with van der Waals surface area (Å²) in [7, 11) is 0. The van der Waals surface area contributed by atoms with Gasteiger partial charge in [-0.2, -0.15) is 0 Å². The molecule has 2 rings (SSSR count). The summed E-state index contributed by atoms with van der Waals surface area (Å²) in [6.07, 6.45) is 5.47. The lowest BCUT2D eigenvalue weighted by molar-refractivity contribution is -0.121. The maximum Gasteiger partial charge on any atom is 0.220 e. The zero-order chi connectivity index (χ0) is 12.8. The molecule has 0 spiro atoms. The van der Waals surface area contributed by atoms with E-state index in [1.807, 2.05) is 18.2 Å². The molecule has 1 aromatic rings. The highest BCUT2D eigenvalue weighted by molar-refractivity contribution is 6.20. The predicted octanol–water partition coefficient (Wildman–Crippen LogP) is 3.29. The van der Waals surface area contributed by atoms with E-state index in [0.29, 0.717) is 17.8 Å². The third-order valence-electron chi connectivity index (χ3n) is 3.51. The van der Waals surface area contributed by atoms with E-state index in [4.69, 9.17) is 11.6 Å². The van der Waals surface area contributed by atoms with Crippen molar-refractivity contribution in [2.24, 2.45) is 0 Å². The summed E-state index contributed by atoms with van der Waals surface area (Å²) in [6.45, 7) is 0. The first-order valence-electron chi connectivity index (χ1n) is 6.71. The third-order valence-corrected chi connectivity index (χ3v) is 3.94. The number of benzene rings is 1. The van der Waals surface area contributed by atoms with Gasteiger partial charge >= 0.3 is 0 Å². The van der Waals surface area contributed by atoms with Crippen molar-refractivity contribution in [1.82, 2.24) is 5.32 Å². The highest BCUT2D eigenvalue weighted by Crippen LogP contribution is 2.22. The molecule has 0 heterocycles. The fraction of sp³-hybridized carbons (Fsp3) is 0.533. The van der Waals surface area contributed by atoms with Crippen LogP contribution >= 0.6 is 11.6 Å². The van der Waals surface area contributed by atoms with E-state index in [9.17, 15) is 4.79 Å². The smallest absolute Gasteiger partial charge is 0.220 e. The van der Waals surface area contributed by atoms with Crippen LogP contribution in [0.15, 0.2) is 30.3 Å². The summed E-state index contributed by atoms with van der Waals surface area (Å²) in [5, 5.41) is 3.42. The average molecular weight is 266 g/mol. The number of alkyl halides is 1. The van der Waals surface area contributed by atoms with Crippen LogP contribution in [-0.2, 0) is 11.2 Å². The SMILES string of the molecule is O=C(CCc1ccccc1)NC1CCC(Cl)CC1. The molecule has 0 bridgehead atoms. The van der Waals surface area contributed by atoms with Gasteiger partial charge in [-0.25, -0.2) is 0 Å². The van der Waals surface area contributed by atoms with Crippen molar-refractivity contribution >= 4 is 17.5 Å². The maximum absolute atomic E-state index is 11.8. The fourth-order valence-corrected chi connectivity index (χ4v) is 2.65. The number of hydrogen-bond acceptors (Lipinski definition) is 1. The van der Waals surface area contributed by atoms with Crippen LogP contribution in [0.1, 0.15) is 37.7 Å². The van der Waals surface area contributed by atoms with Gasteiger partial charge in [0.15, 0.2) is 0 Å². The topological polar surface area (TPSA) is 29.1 Å². The molecule has 18 heavy (non-hydrogen) atoms. The number of amides is 1. The molecule has 0 aliphatic heterocycles. The summed E-state index contributed by atoms with van der Waals surface area (Å²) < 4.78 is 0. The third kappa shape index (κ3) is 4.34. The van der Waals surface area contributed by atoms with Crippen LogP contribution in [-0.4, -0.2) is 17.3 Å². The molecule has 3 heteroatoms. The molecule has 2 nitrogen and oxygen atoms in total. The Kier molecular flexibility index (Phi) is 5.06. The number of hydrogen-bond donors (Lipinski definition) is 1. The minimum atomic E-state index is 0.164. The first-order valence-corrected chi connectivity index (χ1v) is 7.15. The molecular formula is C15H20ClNO. The molecule has 1 fully saturated rings. The zero-order valence-electron chi connectivity index (χ0n) is 10.6. The number of carbonyl (C=O) groups excluding carboxylic acids is 1. The molecule has 1 amide bonds. The molecule has 0 saturated heterocycles. The molecule has 1 N–H and O–H groups in total. The summed E-state index contributed by atoms with van der Waals surface area (Å²) >= 11 is 6.05. The van der Waals surface area contributed by atoms with E-state index in [-0.39, 0.29) is 5.91 Å². The normalized spacial score (nSPS) is 23.6. The van der Waals surface area contributed by atoms with Gasteiger partial charge in [-0.15, -0.1) is 11.6 Å². The highest BCUT2D eigenvalue weighted by atomic mass is 35.5. The van der Waals surface area contributed by atoms with Crippen LogP contribution in [0.3, 0.4) is 0 Å². The second-order valence-corrected chi connectivity index (χ2v) is 5.62. The number of halogens is 1. The molecule has 1 aliphatic carbocycles. The molecular weight excluding hydrogens is 246 g/mol. The number of rotatable bonds is 4. The van der Waals surface area contributed by atoms with Crippen molar-refractivity contribution in [2.75, 3.05) is 0 Å². The molecule has 1 aliphatic rings. The van der Waals surface area contributed by atoms with Crippen LogP contribution in [0, 0.1) is 0 Å². The largest absolute Gasteiger partial charge is 0.353 e. The van der Waals surface area contributed by atoms with E-state index in [2.05, 4.69) is 17.4 Å². The second kappa shape index (κ2) is 6.79. The quantitative estimate of drug-likeness (QED) is 0.832. The Bertz CT molecular complexity index is 371. The highest BCUT2D eigenvalue weighted by Gasteiger charge is 2.20. The van der Waals surface area contributed by atoms with Gasteiger partial charge < -0.3 is 5.32 Å². The van der Waals surface area contributed by atoms with Crippen molar-refractivity contribution in [3.8, 4) is 0 Å². The standard InChI is InChI=1S/C15H20ClNO/c16-13-7-9-14(10-8-13)17-15(18)11-6-12-4-2-1-3-5-12/h1-5,13-14H,6-11H2,(H,17,18). The Morgan fingerprint density at radius 3 is 2.50 bits per heavy atom. The van der Waals surface area contributed by atoms with Crippen molar-refractivity contribution < 1.29 is 4.79 Å². The Hall–Kier alpha value is -1.02. The van der Waals surface area contributed by atoms with Crippen LogP contribution in [0.2, 0.25) is 0 Å². The molecule has 98 valence electrons. The maximum atomic E-state index is 11.8. The molecule has 1 saturated carbocycles. The Morgan fingerprint density at radius 2 is 1.83 bits per heavy atom. The average Bonchev–Trinajstić information content (AvgIpc) is 2.40. The molecule has 1 aromatic carbocycles. The minimum absolute atomic E-state index is 0.164. The summed E-state index contributed by atoms with van der Waals surface area (Å²) in [4.78, 5) is 11.8. The number of carbonyl (C=O) groups is 1. The lowest BCUT2D eigenvalue weighted by Crippen LogP contribution is -2.37. The van der Waals surface area contributed by atoms with Gasteiger partial charge in [-0.1, -0.05) is 30.3 Å². The van der Waals surface area contributed by atoms with Gasteiger partial charge in [0.1, 0.15) is 0 Å². The lowest BCUT2D eigenvalue weighted by Gasteiger charge is -2.25. The van der Waals surface area contributed by atoms with Crippen molar-refractivity contribution in [2.45, 2.75) is 49.9 Å². The number of aryl methyl sites for hydroxylation is 1. The van der Waals surface area contributed by atoms with E-state index < -0.39 is 0 Å². The van der Waals surface area contributed by atoms with Crippen molar-refractivity contribution in [3.05, 3.63) is 35.9 Å². The van der Waals surface area contributed by atoms with Gasteiger partial charge in [0.25, 0.3) is 0 Å². The minimum Gasteiger partial charge on any atom is -0.353 e. The second-order valence-electron chi connectivity index (χ2n) is 5.00. The zero-order valence-corrected chi connectivity index (χ0v) is 11.3. The van der Waals surface area contributed by atoms with E-state index in [0.717, 1.165) is 32.1 Å². The first kappa shape index (κ1) is 13.4. The van der Waals surface area contributed by atoms with E-state index in [1.165, 1.54) is 5.56 Å². The van der Waals surface area contributed by atoms with Crippen molar-refractivity contribution in [3.63, 3.8) is 0 Å². The Balaban J connectivity index is 1.69. The predicted molar refractivity (Wildman–Crippen MR) is 74.8 cm³/mol. The van der Waals surface area contributed by atoms with Crippen LogP contribution in [0.5, 0.6) is 0 Å². The van der Waals surface area contributed by atoms with E-state index >= 15 is 0 Å². The van der Waals surface area contributed by atoms with Gasteiger partial charge in [0, 0.05) is 17.8 Å². The van der Waals surface area contributed by atoms with Gasteiger partial charge in [-0.3, -0.25) is 4.79 Å². The molecule has 0 unspecified atom stereocenters. The Morgan fingerprint density at radius 1 is 1.17 bits per heavy atom. The molecule has 0 radical (unpaired) electrons. The van der Waals surface area contributed by atoms with Crippen LogP contribution < -0.4 is 5.32 Å². The summed E-state index contributed by atoms with van der Waals surface area (Å²) in [5.74, 6) is 0.164. The van der Waals surface area contributed by atoms with Crippen molar-refractivity contribution in [1.29, 1.82) is 0 Å². The monoisotopic (exact) mass is 265 g/mol. The summed E-state index contributed by atoms with van der Waals surface area (Å²) in [6, 6.07) is 10.5. The van der Waals surface area contributed by atoms with Gasteiger partial charge in [0.2, 0.25) is 5.91 Å². The summed E-state index contributed by atoms with van der Waals surface area (Å²) in [5.41, 5.74) is 1.22. The van der Waals surface area contributed by atoms with Gasteiger partial charge in [-0.05, 0) is 37.7 Å². The van der Waals surface area contributed by atoms with Crippen LogP contribution in [0.25, 0.3) is 0 Å². The van der Waals surface area contributed by atoms with Crippen LogP contribution in [0.4, 0.5) is 0 Å². The molecule has 0 aromatic heterocycles. The Labute approximate surface area is 114 Å². The molecule has 0 atom stereocenters. The first-order chi connectivity index (χ1) is 8.74.